The van der Waals surface area contributed by atoms with Crippen LogP contribution in [-0.2, 0) is 4.79 Å². The summed E-state index contributed by atoms with van der Waals surface area (Å²) in [4.78, 5) is 11.8. The first-order valence-electron chi connectivity index (χ1n) is 6.24. The molecule has 6 heteroatoms. The number of nitrogens with one attached hydrogen (secondary N) is 1. The van der Waals surface area contributed by atoms with Gasteiger partial charge in [0.1, 0.15) is 11.3 Å². The van der Waals surface area contributed by atoms with Crippen LogP contribution in [0.4, 0.5) is 0 Å². The van der Waals surface area contributed by atoms with Gasteiger partial charge in [-0.3, -0.25) is 4.79 Å². The molecule has 106 valence electrons. The molecule has 0 radical (unpaired) electrons. The van der Waals surface area contributed by atoms with Gasteiger partial charge in [-0.05, 0) is 43.9 Å². The Bertz CT molecular complexity index is 547. The van der Waals surface area contributed by atoms with E-state index in [-0.39, 0.29) is 18.4 Å². The van der Waals surface area contributed by atoms with Gasteiger partial charge in [-0.1, -0.05) is 23.2 Å². The van der Waals surface area contributed by atoms with E-state index in [0.717, 1.165) is 12.8 Å². The third-order valence-electron chi connectivity index (χ3n) is 3.23. The molecule has 1 aromatic rings. The van der Waals surface area contributed by atoms with Crippen molar-refractivity contribution in [2.24, 2.45) is 5.92 Å². The highest BCUT2D eigenvalue weighted by atomic mass is 35.5. The van der Waals surface area contributed by atoms with Crippen LogP contribution < -0.4 is 10.1 Å². The standard InChI is InChI=1S/C14H14Cl2N2O2/c1-14(8-17,9-2-3-9)18-13(19)7-20-12-5-10(15)4-11(16)6-12/h4-6,9H,2-3,7H2,1H3,(H,18,19)/t14-/m0/s1. The van der Waals surface area contributed by atoms with Crippen molar-refractivity contribution in [3.05, 3.63) is 28.2 Å². The van der Waals surface area contributed by atoms with Gasteiger partial charge in [0.2, 0.25) is 0 Å². The van der Waals surface area contributed by atoms with Crippen LogP contribution in [-0.4, -0.2) is 18.1 Å². The Hall–Kier alpha value is -1.44. The lowest BCUT2D eigenvalue weighted by molar-refractivity contribution is -0.124. The van der Waals surface area contributed by atoms with Crippen molar-refractivity contribution in [3.8, 4) is 11.8 Å². The third-order valence-corrected chi connectivity index (χ3v) is 3.67. The van der Waals surface area contributed by atoms with Gasteiger partial charge >= 0.3 is 0 Å². The van der Waals surface area contributed by atoms with E-state index in [4.69, 9.17) is 33.2 Å². The summed E-state index contributed by atoms with van der Waals surface area (Å²) in [5, 5.41) is 12.8. The predicted octanol–water partition coefficient (Wildman–Crippen LogP) is 3.18. The van der Waals surface area contributed by atoms with Crippen LogP contribution in [0.5, 0.6) is 5.75 Å². The molecule has 0 heterocycles. The van der Waals surface area contributed by atoms with Gasteiger partial charge in [0.25, 0.3) is 5.91 Å². The normalized spacial score (nSPS) is 16.9. The molecular weight excluding hydrogens is 299 g/mol. The minimum absolute atomic E-state index is 0.180. The first-order valence-corrected chi connectivity index (χ1v) is 7.00. The summed E-state index contributed by atoms with van der Waals surface area (Å²) >= 11 is 11.7. The predicted molar refractivity (Wildman–Crippen MR) is 76.8 cm³/mol. The summed E-state index contributed by atoms with van der Waals surface area (Å²) in [5.74, 6) is 0.317. The number of amides is 1. The molecule has 1 aliphatic rings. The molecule has 0 spiro atoms. The Kier molecular flexibility index (Phi) is 4.42. The maximum atomic E-state index is 11.8. The van der Waals surface area contributed by atoms with Crippen LogP contribution in [0.3, 0.4) is 0 Å². The fourth-order valence-corrected chi connectivity index (χ4v) is 2.47. The lowest BCUT2D eigenvalue weighted by Crippen LogP contribution is -2.48. The molecule has 0 aliphatic heterocycles. The van der Waals surface area contributed by atoms with Crippen molar-refractivity contribution in [1.29, 1.82) is 5.26 Å². The summed E-state index contributed by atoms with van der Waals surface area (Å²) in [6.45, 7) is 1.56. The zero-order chi connectivity index (χ0) is 14.8. The van der Waals surface area contributed by atoms with Crippen LogP contribution in [0.2, 0.25) is 10.0 Å². The summed E-state index contributed by atoms with van der Waals surface area (Å²) in [5.41, 5.74) is -0.813. The van der Waals surface area contributed by atoms with Crippen molar-refractivity contribution in [2.75, 3.05) is 6.61 Å². The average molecular weight is 313 g/mol. The topological polar surface area (TPSA) is 62.1 Å². The molecule has 1 aromatic carbocycles. The number of benzene rings is 1. The minimum atomic E-state index is -0.813. The summed E-state index contributed by atoms with van der Waals surface area (Å²) in [6.07, 6.45) is 1.93. The lowest BCUT2D eigenvalue weighted by Gasteiger charge is -2.22. The first-order chi connectivity index (χ1) is 9.43. The van der Waals surface area contributed by atoms with E-state index in [9.17, 15) is 4.79 Å². The summed E-state index contributed by atoms with van der Waals surface area (Å²) in [6, 6.07) is 6.89. The second kappa shape index (κ2) is 5.90. The second-order valence-electron chi connectivity index (χ2n) is 5.03. The van der Waals surface area contributed by atoms with Crippen LogP contribution >= 0.6 is 23.2 Å². The second-order valence-corrected chi connectivity index (χ2v) is 5.90. The maximum absolute atomic E-state index is 11.8. The van der Waals surface area contributed by atoms with Gasteiger partial charge in [-0.15, -0.1) is 0 Å². The van der Waals surface area contributed by atoms with E-state index < -0.39 is 5.54 Å². The monoisotopic (exact) mass is 312 g/mol. The number of rotatable bonds is 5. The molecule has 4 nitrogen and oxygen atoms in total. The lowest BCUT2D eigenvalue weighted by atomic mass is 9.98. The van der Waals surface area contributed by atoms with Crippen molar-refractivity contribution >= 4 is 29.1 Å². The molecule has 1 saturated carbocycles. The molecule has 1 aliphatic carbocycles. The highest BCUT2D eigenvalue weighted by molar-refractivity contribution is 6.34. The zero-order valence-corrected chi connectivity index (χ0v) is 12.5. The highest BCUT2D eigenvalue weighted by Gasteiger charge is 2.43. The minimum Gasteiger partial charge on any atom is -0.484 e. The molecule has 2 rings (SSSR count). The molecular formula is C14H14Cl2N2O2. The summed E-state index contributed by atoms with van der Waals surface area (Å²) in [7, 11) is 0. The van der Waals surface area contributed by atoms with Crippen LogP contribution in [0, 0.1) is 17.2 Å². The van der Waals surface area contributed by atoms with Crippen molar-refractivity contribution < 1.29 is 9.53 Å². The number of nitrogens with zero attached hydrogens (tertiary/aromatic N) is 1. The maximum Gasteiger partial charge on any atom is 0.259 e. The van der Waals surface area contributed by atoms with Crippen LogP contribution in [0.15, 0.2) is 18.2 Å². The van der Waals surface area contributed by atoms with Gasteiger partial charge in [-0.25, -0.2) is 0 Å². The van der Waals surface area contributed by atoms with E-state index >= 15 is 0 Å². The van der Waals surface area contributed by atoms with Gasteiger partial charge in [0, 0.05) is 10.0 Å². The molecule has 1 atom stereocenters. The number of nitriles is 1. The van der Waals surface area contributed by atoms with Gasteiger partial charge in [0.15, 0.2) is 6.61 Å². The highest BCUT2D eigenvalue weighted by Crippen LogP contribution is 2.39. The van der Waals surface area contributed by atoms with Gasteiger partial charge in [0.05, 0.1) is 6.07 Å². The Morgan fingerprint density at radius 2 is 2.05 bits per heavy atom. The number of hydrogen-bond donors (Lipinski definition) is 1. The molecule has 0 saturated heterocycles. The van der Waals surface area contributed by atoms with E-state index in [1.54, 1.807) is 25.1 Å². The number of ether oxygens (including phenoxy) is 1. The van der Waals surface area contributed by atoms with Crippen molar-refractivity contribution in [1.82, 2.24) is 5.32 Å². The Balaban J connectivity index is 1.90. The van der Waals surface area contributed by atoms with E-state index in [1.165, 1.54) is 0 Å². The Morgan fingerprint density at radius 3 is 2.55 bits per heavy atom. The van der Waals surface area contributed by atoms with Crippen molar-refractivity contribution in [2.45, 2.75) is 25.3 Å². The largest absolute Gasteiger partial charge is 0.484 e. The van der Waals surface area contributed by atoms with E-state index in [2.05, 4.69) is 11.4 Å². The Morgan fingerprint density at radius 1 is 1.45 bits per heavy atom. The molecule has 1 N–H and O–H groups in total. The first kappa shape index (κ1) is 15.0. The molecule has 0 bridgehead atoms. The fourth-order valence-electron chi connectivity index (χ4n) is 1.97. The molecule has 0 aromatic heterocycles. The van der Waals surface area contributed by atoms with Crippen LogP contribution in [0.1, 0.15) is 19.8 Å². The molecule has 20 heavy (non-hydrogen) atoms. The average Bonchev–Trinajstić information content (AvgIpc) is 3.19. The SMILES string of the molecule is C[C@@](C#N)(NC(=O)COc1cc(Cl)cc(Cl)c1)C1CC1. The number of carbonyl (C=O) groups excluding carboxylic acids is 1. The van der Waals surface area contributed by atoms with Gasteiger partial charge < -0.3 is 10.1 Å². The number of halogens is 2. The number of carbonyl (C=O) groups is 1. The van der Waals surface area contributed by atoms with E-state index in [0.29, 0.717) is 15.8 Å². The molecule has 1 fully saturated rings. The fraction of sp³-hybridized carbons (Fsp3) is 0.429. The number of hydrogen-bond acceptors (Lipinski definition) is 3. The summed E-state index contributed by atoms with van der Waals surface area (Å²) < 4.78 is 5.33. The third kappa shape index (κ3) is 3.78. The smallest absolute Gasteiger partial charge is 0.259 e. The van der Waals surface area contributed by atoms with Gasteiger partial charge in [-0.2, -0.15) is 5.26 Å². The zero-order valence-electron chi connectivity index (χ0n) is 11.0. The Labute approximate surface area is 127 Å². The van der Waals surface area contributed by atoms with E-state index in [1.807, 2.05) is 0 Å². The van der Waals surface area contributed by atoms with Crippen molar-refractivity contribution in [3.63, 3.8) is 0 Å². The van der Waals surface area contributed by atoms with Crippen LogP contribution in [0.25, 0.3) is 0 Å². The quantitative estimate of drug-likeness (QED) is 0.908. The molecule has 1 amide bonds. The molecule has 0 unspecified atom stereocenters.